The van der Waals surface area contributed by atoms with Crippen molar-refractivity contribution in [2.75, 3.05) is 26.7 Å². The first-order chi connectivity index (χ1) is 11.4. The minimum absolute atomic E-state index is 0. The molecule has 1 aromatic rings. The van der Waals surface area contributed by atoms with Crippen LogP contribution >= 0.6 is 12.4 Å². The number of amides is 1. The first kappa shape index (κ1) is 23.8. The van der Waals surface area contributed by atoms with E-state index < -0.39 is 10.0 Å². The number of carbonyl (C=O) groups is 1. The Morgan fingerprint density at radius 2 is 1.80 bits per heavy atom. The van der Waals surface area contributed by atoms with Gasteiger partial charge in [-0.05, 0) is 17.7 Å². The van der Waals surface area contributed by atoms with Crippen LogP contribution in [0.3, 0.4) is 0 Å². The molecule has 1 rings (SSSR count). The molecule has 0 saturated heterocycles. The third kappa shape index (κ3) is 6.91. The van der Waals surface area contributed by atoms with Gasteiger partial charge in [-0.3, -0.25) is 4.79 Å². The minimum atomic E-state index is -3.46. The Kier molecular flexibility index (Phi) is 10.9. The van der Waals surface area contributed by atoms with E-state index in [0.29, 0.717) is 19.6 Å². The van der Waals surface area contributed by atoms with Crippen molar-refractivity contribution in [2.45, 2.75) is 37.8 Å². The zero-order chi connectivity index (χ0) is 18.2. The Bertz CT molecular complexity index is 615. The van der Waals surface area contributed by atoms with Gasteiger partial charge < -0.3 is 15.8 Å². The van der Waals surface area contributed by atoms with Gasteiger partial charge in [0.25, 0.3) is 0 Å². The van der Waals surface area contributed by atoms with E-state index in [1.54, 1.807) is 38.1 Å². The van der Waals surface area contributed by atoms with E-state index in [9.17, 15) is 13.2 Å². The van der Waals surface area contributed by atoms with Gasteiger partial charge in [-0.25, -0.2) is 8.42 Å². The van der Waals surface area contributed by atoms with Crippen molar-refractivity contribution in [1.82, 2.24) is 9.62 Å². The maximum atomic E-state index is 12.4. The largest absolute Gasteiger partial charge is 0.380 e. The molecule has 0 fully saturated rings. The monoisotopic (exact) mass is 393 g/mol. The lowest BCUT2D eigenvalue weighted by atomic mass is 10.2. The summed E-state index contributed by atoms with van der Waals surface area (Å²) in [5.74, 6) is -0.160. The van der Waals surface area contributed by atoms with Gasteiger partial charge >= 0.3 is 0 Å². The molecule has 0 aliphatic heterocycles. The molecule has 1 aromatic carbocycles. The number of nitrogens with zero attached hydrogens (tertiary/aromatic N) is 1. The zero-order valence-corrected chi connectivity index (χ0v) is 16.5. The molecular weight excluding hydrogens is 366 g/mol. The summed E-state index contributed by atoms with van der Waals surface area (Å²) in [6.45, 7) is 5.07. The first-order valence-electron chi connectivity index (χ1n) is 7.97. The Balaban J connectivity index is 0.00000576. The Morgan fingerprint density at radius 1 is 1.24 bits per heavy atom. The summed E-state index contributed by atoms with van der Waals surface area (Å²) >= 11 is 0. The predicted octanol–water partition coefficient (Wildman–Crippen LogP) is 1.12. The summed E-state index contributed by atoms with van der Waals surface area (Å²) in [6.07, 6.45) is -0.104. The lowest BCUT2D eigenvalue weighted by Gasteiger charge is -2.18. The second-order valence-electron chi connectivity index (χ2n) is 5.31. The molecule has 0 spiro atoms. The quantitative estimate of drug-likeness (QED) is 0.620. The highest BCUT2D eigenvalue weighted by Gasteiger charge is 2.21. The van der Waals surface area contributed by atoms with Crippen molar-refractivity contribution >= 4 is 28.3 Å². The molecule has 9 heteroatoms. The molecule has 144 valence electrons. The molecular formula is C16H28ClN3O4S. The first-order valence-corrected chi connectivity index (χ1v) is 9.41. The number of hydrogen-bond acceptors (Lipinski definition) is 5. The van der Waals surface area contributed by atoms with E-state index in [-0.39, 0.29) is 42.3 Å². The van der Waals surface area contributed by atoms with Gasteiger partial charge in [0.05, 0.1) is 17.4 Å². The average molecular weight is 394 g/mol. The SMILES string of the molecule is CCN(CC)S(=O)(=O)c1ccc(CNC(=O)CC(CN)OC)cc1.Cl. The standard InChI is InChI=1S/C16H27N3O4S.ClH/c1-4-19(5-2)24(21,22)15-8-6-13(7-9-15)12-18-16(20)10-14(11-17)23-3;/h6-9,14H,4-5,10-12,17H2,1-3H3,(H,18,20);1H. The van der Waals surface area contributed by atoms with Gasteiger partial charge in [-0.2, -0.15) is 4.31 Å². The number of halogens is 1. The lowest BCUT2D eigenvalue weighted by Crippen LogP contribution is -2.32. The van der Waals surface area contributed by atoms with Crippen molar-refractivity contribution in [3.05, 3.63) is 29.8 Å². The van der Waals surface area contributed by atoms with Crippen molar-refractivity contribution in [1.29, 1.82) is 0 Å². The number of benzene rings is 1. The van der Waals surface area contributed by atoms with Crippen LogP contribution in [0.4, 0.5) is 0 Å². The van der Waals surface area contributed by atoms with Gasteiger partial charge in [-0.15, -0.1) is 12.4 Å². The highest BCUT2D eigenvalue weighted by atomic mass is 35.5. The number of ether oxygens (including phenoxy) is 1. The van der Waals surface area contributed by atoms with Crippen molar-refractivity contribution in [3.8, 4) is 0 Å². The van der Waals surface area contributed by atoms with E-state index in [1.165, 1.54) is 11.4 Å². The third-order valence-electron chi connectivity index (χ3n) is 3.77. The molecule has 0 saturated carbocycles. The fourth-order valence-electron chi connectivity index (χ4n) is 2.23. The maximum Gasteiger partial charge on any atom is 0.243 e. The summed E-state index contributed by atoms with van der Waals surface area (Å²) < 4.78 is 31.2. The van der Waals surface area contributed by atoms with Crippen LogP contribution in [0.2, 0.25) is 0 Å². The number of sulfonamides is 1. The topological polar surface area (TPSA) is 102 Å². The van der Waals surface area contributed by atoms with Crippen LogP contribution in [0.25, 0.3) is 0 Å². The summed E-state index contributed by atoms with van der Waals surface area (Å²) in [5, 5.41) is 2.77. The van der Waals surface area contributed by atoms with Gasteiger partial charge in [-0.1, -0.05) is 26.0 Å². The molecule has 0 aliphatic carbocycles. The number of carbonyl (C=O) groups excluding carboxylic acids is 1. The van der Waals surface area contributed by atoms with Gasteiger partial charge in [0.2, 0.25) is 15.9 Å². The van der Waals surface area contributed by atoms with Gasteiger partial charge in [0, 0.05) is 33.3 Å². The van der Waals surface area contributed by atoms with Gasteiger partial charge in [0.1, 0.15) is 0 Å². The van der Waals surface area contributed by atoms with Crippen molar-refractivity contribution in [2.24, 2.45) is 5.73 Å². The fraction of sp³-hybridized carbons (Fsp3) is 0.562. The highest BCUT2D eigenvalue weighted by Crippen LogP contribution is 2.16. The molecule has 0 aliphatic rings. The van der Waals surface area contributed by atoms with Crippen molar-refractivity contribution < 1.29 is 17.9 Å². The average Bonchev–Trinajstić information content (AvgIpc) is 2.59. The fourth-order valence-corrected chi connectivity index (χ4v) is 3.69. The number of rotatable bonds is 10. The molecule has 3 N–H and O–H groups in total. The van der Waals surface area contributed by atoms with E-state index in [0.717, 1.165) is 5.56 Å². The van der Waals surface area contributed by atoms with Gasteiger partial charge in [0.15, 0.2) is 0 Å². The van der Waals surface area contributed by atoms with Crippen LogP contribution in [0.1, 0.15) is 25.8 Å². The minimum Gasteiger partial charge on any atom is -0.380 e. The second-order valence-corrected chi connectivity index (χ2v) is 7.25. The molecule has 0 heterocycles. The molecule has 1 unspecified atom stereocenters. The molecule has 7 nitrogen and oxygen atoms in total. The molecule has 0 aromatic heterocycles. The molecule has 1 atom stereocenters. The van der Waals surface area contributed by atoms with E-state index in [2.05, 4.69) is 5.32 Å². The van der Waals surface area contributed by atoms with Crippen LogP contribution in [0, 0.1) is 0 Å². The maximum absolute atomic E-state index is 12.4. The third-order valence-corrected chi connectivity index (χ3v) is 5.83. The number of methoxy groups -OCH3 is 1. The summed E-state index contributed by atoms with van der Waals surface area (Å²) in [4.78, 5) is 12.0. The smallest absolute Gasteiger partial charge is 0.243 e. The number of hydrogen-bond donors (Lipinski definition) is 2. The Morgan fingerprint density at radius 3 is 2.24 bits per heavy atom. The molecule has 25 heavy (non-hydrogen) atoms. The van der Waals surface area contributed by atoms with Crippen molar-refractivity contribution in [3.63, 3.8) is 0 Å². The summed E-state index contributed by atoms with van der Waals surface area (Å²) in [7, 11) is -1.94. The van der Waals surface area contributed by atoms with Crippen LogP contribution in [0.15, 0.2) is 29.2 Å². The number of nitrogens with one attached hydrogen (secondary N) is 1. The molecule has 0 bridgehead atoms. The van der Waals surface area contributed by atoms with E-state index >= 15 is 0 Å². The normalized spacial score (nSPS) is 12.5. The second kappa shape index (κ2) is 11.4. The summed E-state index contributed by atoms with van der Waals surface area (Å²) in [5.41, 5.74) is 6.30. The Hall–Kier alpha value is -1.19. The molecule has 1 amide bonds. The summed E-state index contributed by atoms with van der Waals surface area (Å²) in [6, 6.07) is 6.53. The van der Waals surface area contributed by atoms with Crippen LogP contribution in [-0.2, 0) is 26.1 Å². The van der Waals surface area contributed by atoms with E-state index in [4.69, 9.17) is 10.5 Å². The highest BCUT2D eigenvalue weighted by molar-refractivity contribution is 7.89. The van der Waals surface area contributed by atoms with Crippen LogP contribution in [-0.4, -0.2) is 51.5 Å². The number of nitrogens with two attached hydrogens (primary N) is 1. The van der Waals surface area contributed by atoms with E-state index in [1.807, 2.05) is 0 Å². The van der Waals surface area contributed by atoms with Crippen LogP contribution in [0.5, 0.6) is 0 Å². The molecule has 0 radical (unpaired) electrons. The predicted molar refractivity (Wildman–Crippen MR) is 100 cm³/mol. The van der Waals surface area contributed by atoms with Crippen LogP contribution < -0.4 is 11.1 Å². The lowest BCUT2D eigenvalue weighted by molar-refractivity contribution is -0.123. The Labute approximate surface area is 156 Å². The zero-order valence-electron chi connectivity index (χ0n) is 14.9.